The van der Waals surface area contributed by atoms with Crippen LogP contribution in [0.2, 0.25) is 0 Å². The first-order valence-corrected chi connectivity index (χ1v) is 7.07. The number of benzene rings is 1. The first-order valence-electron chi connectivity index (χ1n) is 7.07. The highest BCUT2D eigenvalue weighted by Crippen LogP contribution is 2.05. The lowest BCUT2D eigenvalue weighted by atomic mass is 10.1. The highest BCUT2D eigenvalue weighted by atomic mass is 16.5. The van der Waals surface area contributed by atoms with E-state index in [2.05, 4.69) is 5.32 Å². The summed E-state index contributed by atoms with van der Waals surface area (Å²) >= 11 is 0. The molecule has 1 aliphatic rings. The summed E-state index contributed by atoms with van der Waals surface area (Å²) in [4.78, 5) is 25.1. The Labute approximate surface area is 123 Å². The average Bonchev–Trinajstić information content (AvgIpc) is 2.76. The zero-order chi connectivity index (χ0) is 15.1. The topological polar surface area (TPSA) is 78.9 Å². The third-order valence-corrected chi connectivity index (χ3v) is 3.39. The molecule has 1 atom stereocenters. The third kappa shape index (κ3) is 4.75. The Morgan fingerprint density at radius 1 is 1.24 bits per heavy atom. The van der Waals surface area contributed by atoms with Crippen molar-refractivity contribution < 1.29 is 19.4 Å². The fourth-order valence-electron chi connectivity index (χ4n) is 2.24. The molecular weight excluding hydrogens is 272 g/mol. The number of hydrogen-bond acceptors (Lipinski definition) is 3. The minimum atomic E-state index is -1.03. The number of rotatable bonds is 4. The van der Waals surface area contributed by atoms with E-state index >= 15 is 0 Å². The van der Waals surface area contributed by atoms with Crippen LogP contribution in [0.3, 0.4) is 0 Å². The van der Waals surface area contributed by atoms with Crippen molar-refractivity contribution in [1.29, 1.82) is 0 Å². The standard InChI is InChI=1S/C15H20N2O4/c18-14(19)13(11-12-5-2-1-3-6-12)16-15(20)17-7-4-9-21-10-8-17/h1-3,5-6,13H,4,7-11H2,(H,16,20)(H,18,19)/t13-/m1/s1. The lowest BCUT2D eigenvalue weighted by molar-refractivity contribution is -0.139. The van der Waals surface area contributed by atoms with Gasteiger partial charge in [0.05, 0.1) is 6.61 Å². The number of nitrogens with one attached hydrogen (secondary N) is 1. The molecule has 1 fully saturated rings. The summed E-state index contributed by atoms with van der Waals surface area (Å²) in [5, 5.41) is 11.9. The molecule has 6 nitrogen and oxygen atoms in total. The van der Waals surface area contributed by atoms with Crippen molar-refractivity contribution >= 4 is 12.0 Å². The molecule has 2 amide bonds. The van der Waals surface area contributed by atoms with Crippen LogP contribution in [0.15, 0.2) is 30.3 Å². The first kappa shape index (κ1) is 15.3. The van der Waals surface area contributed by atoms with Gasteiger partial charge < -0.3 is 20.1 Å². The second kappa shape index (κ2) is 7.64. The molecule has 2 N–H and O–H groups in total. The molecule has 21 heavy (non-hydrogen) atoms. The van der Waals surface area contributed by atoms with E-state index in [1.54, 1.807) is 4.90 Å². The van der Waals surface area contributed by atoms with E-state index in [9.17, 15) is 14.7 Å². The van der Waals surface area contributed by atoms with Gasteiger partial charge in [0.15, 0.2) is 0 Å². The van der Waals surface area contributed by atoms with Crippen LogP contribution < -0.4 is 5.32 Å². The molecule has 0 unspecified atom stereocenters. The molecular formula is C15H20N2O4. The Balaban J connectivity index is 1.95. The fourth-order valence-corrected chi connectivity index (χ4v) is 2.24. The number of carboxylic acids is 1. The van der Waals surface area contributed by atoms with Crippen molar-refractivity contribution in [3.63, 3.8) is 0 Å². The van der Waals surface area contributed by atoms with E-state index in [0.717, 1.165) is 12.0 Å². The molecule has 6 heteroatoms. The quantitative estimate of drug-likeness (QED) is 0.871. The summed E-state index contributed by atoms with van der Waals surface area (Å²) in [7, 11) is 0. The maximum absolute atomic E-state index is 12.2. The molecule has 0 aliphatic carbocycles. The molecule has 1 aromatic carbocycles. The van der Waals surface area contributed by atoms with E-state index in [-0.39, 0.29) is 12.5 Å². The Bertz CT molecular complexity index is 470. The molecule has 2 rings (SSSR count). The largest absolute Gasteiger partial charge is 0.480 e. The highest BCUT2D eigenvalue weighted by Gasteiger charge is 2.24. The number of ether oxygens (including phenoxy) is 1. The predicted molar refractivity (Wildman–Crippen MR) is 77.1 cm³/mol. The lowest BCUT2D eigenvalue weighted by Gasteiger charge is -2.23. The molecule has 1 heterocycles. The van der Waals surface area contributed by atoms with Crippen molar-refractivity contribution in [3.05, 3.63) is 35.9 Å². The van der Waals surface area contributed by atoms with E-state index < -0.39 is 12.0 Å². The first-order chi connectivity index (χ1) is 10.2. The molecule has 0 bridgehead atoms. The van der Waals surface area contributed by atoms with Gasteiger partial charge in [0, 0.05) is 26.1 Å². The van der Waals surface area contributed by atoms with Crippen LogP contribution in [0.4, 0.5) is 4.79 Å². The number of urea groups is 1. The summed E-state index contributed by atoms with van der Waals surface area (Å²) in [5.41, 5.74) is 0.879. The van der Waals surface area contributed by atoms with Gasteiger partial charge in [0.1, 0.15) is 6.04 Å². The second-order valence-corrected chi connectivity index (χ2v) is 4.98. The number of nitrogens with zero attached hydrogens (tertiary/aromatic N) is 1. The summed E-state index contributed by atoms with van der Waals surface area (Å²) in [5.74, 6) is -1.03. The fraction of sp³-hybridized carbons (Fsp3) is 0.467. The predicted octanol–water partition coefficient (Wildman–Crippen LogP) is 1.11. The molecule has 1 aromatic rings. The highest BCUT2D eigenvalue weighted by molar-refractivity contribution is 5.82. The van der Waals surface area contributed by atoms with Gasteiger partial charge in [0.2, 0.25) is 0 Å². The van der Waals surface area contributed by atoms with Crippen LogP contribution in [0.25, 0.3) is 0 Å². The van der Waals surface area contributed by atoms with Gasteiger partial charge in [-0.05, 0) is 12.0 Å². The number of hydrogen-bond donors (Lipinski definition) is 2. The molecule has 114 valence electrons. The number of carboxylic acid groups (broad SMARTS) is 1. The number of amides is 2. The number of aliphatic carboxylic acids is 1. The SMILES string of the molecule is O=C(O)[C@@H](Cc1ccccc1)NC(=O)N1CCCOCC1. The summed E-state index contributed by atoms with van der Waals surface area (Å²) in [6.07, 6.45) is 1.04. The minimum Gasteiger partial charge on any atom is -0.480 e. The number of carbonyl (C=O) groups is 2. The molecule has 0 radical (unpaired) electrons. The van der Waals surface area contributed by atoms with E-state index in [0.29, 0.717) is 26.3 Å². The van der Waals surface area contributed by atoms with Gasteiger partial charge in [0.25, 0.3) is 0 Å². The Morgan fingerprint density at radius 3 is 2.71 bits per heavy atom. The molecule has 1 aliphatic heterocycles. The van der Waals surface area contributed by atoms with Crippen molar-refractivity contribution in [2.24, 2.45) is 0 Å². The third-order valence-electron chi connectivity index (χ3n) is 3.39. The summed E-state index contributed by atoms with van der Waals surface area (Å²) in [6, 6.07) is 8.00. The van der Waals surface area contributed by atoms with Gasteiger partial charge in [-0.3, -0.25) is 0 Å². The van der Waals surface area contributed by atoms with Crippen molar-refractivity contribution in [2.45, 2.75) is 18.9 Å². The van der Waals surface area contributed by atoms with E-state index in [4.69, 9.17) is 4.74 Å². The maximum atomic E-state index is 12.2. The summed E-state index contributed by atoms with van der Waals surface area (Å²) < 4.78 is 5.28. The maximum Gasteiger partial charge on any atom is 0.326 e. The molecule has 0 saturated carbocycles. The summed E-state index contributed by atoms with van der Waals surface area (Å²) in [6.45, 7) is 2.20. The minimum absolute atomic E-state index is 0.270. The monoisotopic (exact) mass is 292 g/mol. The lowest BCUT2D eigenvalue weighted by Crippen LogP contribution is -2.49. The van der Waals surface area contributed by atoms with Crippen LogP contribution in [0, 0.1) is 0 Å². The zero-order valence-corrected chi connectivity index (χ0v) is 11.8. The van der Waals surface area contributed by atoms with Gasteiger partial charge in [-0.25, -0.2) is 9.59 Å². The number of carbonyl (C=O) groups excluding carboxylic acids is 1. The van der Waals surface area contributed by atoms with Crippen molar-refractivity contribution in [3.8, 4) is 0 Å². The Hall–Kier alpha value is -2.08. The van der Waals surface area contributed by atoms with Crippen molar-refractivity contribution in [2.75, 3.05) is 26.3 Å². The van der Waals surface area contributed by atoms with Crippen molar-refractivity contribution in [1.82, 2.24) is 10.2 Å². The Morgan fingerprint density at radius 2 is 2.00 bits per heavy atom. The smallest absolute Gasteiger partial charge is 0.326 e. The van der Waals surface area contributed by atoms with Gasteiger partial charge in [-0.2, -0.15) is 0 Å². The van der Waals surface area contributed by atoms with Crippen LogP contribution >= 0.6 is 0 Å². The van der Waals surface area contributed by atoms with Crippen LogP contribution in [0.1, 0.15) is 12.0 Å². The zero-order valence-electron chi connectivity index (χ0n) is 11.8. The van der Waals surface area contributed by atoms with E-state index in [1.807, 2.05) is 30.3 Å². The average molecular weight is 292 g/mol. The van der Waals surface area contributed by atoms with Gasteiger partial charge in [-0.15, -0.1) is 0 Å². The van der Waals surface area contributed by atoms with Gasteiger partial charge >= 0.3 is 12.0 Å². The van der Waals surface area contributed by atoms with Crippen LogP contribution in [0.5, 0.6) is 0 Å². The van der Waals surface area contributed by atoms with Crippen LogP contribution in [-0.2, 0) is 16.0 Å². The second-order valence-electron chi connectivity index (χ2n) is 4.98. The van der Waals surface area contributed by atoms with Crippen LogP contribution in [-0.4, -0.2) is 54.4 Å². The van der Waals surface area contributed by atoms with Gasteiger partial charge in [-0.1, -0.05) is 30.3 Å². The molecule has 0 aromatic heterocycles. The normalized spacial score (nSPS) is 16.9. The molecule has 1 saturated heterocycles. The van der Waals surface area contributed by atoms with E-state index in [1.165, 1.54) is 0 Å². The Kier molecular flexibility index (Phi) is 5.57. The molecule has 0 spiro atoms.